The van der Waals surface area contributed by atoms with Crippen LogP contribution in [0.4, 0.5) is 6.01 Å². The predicted octanol–water partition coefficient (Wildman–Crippen LogP) is 1.90. The van der Waals surface area contributed by atoms with Crippen molar-refractivity contribution in [2.75, 3.05) is 31.1 Å². The number of piperidine rings is 1. The van der Waals surface area contributed by atoms with Crippen LogP contribution in [0.1, 0.15) is 25.7 Å². The van der Waals surface area contributed by atoms with Crippen LogP contribution in [-0.2, 0) is 4.79 Å². The average molecular weight is 316 g/mol. The minimum atomic E-state index is 0.0912. The largest absolute Gasteiger partial charge is 0.423 e. The van der Waals surface area contributed by atoms with Crippen LogP contribution in [0, 0.1) is 5.92 Å². The highest BCUT2D eigenvalue weighted by Crippen LogP contribution is 2.26. The Labute approximate surface area is 136 Å². The molecule has 1 aliphatic heterocycles. The molecule has 2 aromatic rings. The maximum atomic E-state index is 12.1. The van der Waals surface area contributed by atoms with Crippen LogP contribution >= 0.6 is 0 Å². The average Bonchev–Trinajstić information content (AvgIpc) is 3.03. The molecule has 6 nitrogen and oxygen atoms in total. The zero-order chi connectivity index (χ0) is 16.1. The third-order valence-electron chi connectivity index (χ3n) is 4.35. The van der Waals surface area contributed by atoms with Crippen molar-refractivity contribution in [1.82, 2.24) is 10.3 Å². The summed E-state index contributed by atoms with van der Waals surface area (Å²) in [6.45, 7) is 3.00. The maximum Gasteiger partial charge on any atom is 0.298 e. The van der Waals surface area contributed by atoms with E-state index in [-0.39, 0.29) is 11.8 Å². The molecule has 2 heterocycles. The van der Waals surface area contributed by atoms with Crippen molar-refractivity contribution in [1.29, 1.82) is 0 Å². The highest BCUT2D eigenvalue weighted by Gasteiger charge is 2.26. The van der Waals surface area contributed by atoms with E-state index in [1.807, 2.05) is 24.3 Å². The normalized spacial score (nSPS) is 16.0. The molecule has 0 unspecified atom stereocenters. The number of para-hydroxylation sites is 2. The number of oxazole rings is 1. The van der Waals surface area contributed by atoms with Gasteiger partial charge in [-0.3, -0.25) is 4.79 Å². The molecule has 1 fully saturated rings. The summed E-state index contributed by atoms with van der Waals surface area (Å²) in [6, 6.07) is 8.43. The number of hydrogen-bond acceptors (Lipinski definition) is 5. The van der Waals surface area contributed by atoms with Gasteiger partial charge in [0.25, 0.3) is 6.01 Å². The van der Waals surface area contributed by atoms with Crippen molar-refractivity contribution in [2.24, 2.45) is 11.7 Å². The lowest BCUT2D eigenvalue weighted by Crippen LogP contribution is -2.41. The Morgan fingerprint density at radius 3 is 2.83 bits per heavy atom. The SMILES string of the molecule is NCCCCNC(=O)C1CCN(c2nc3ccccc3o2)CC1. The number of unbranched alkanes of at least 4 members (excludes halogenated alkanes) is 1. The van der Waals surface area contributed by atoms with Crippen LogP contribution in [0.3, 0.4) is 0 Å². The fraction of sp³-hybridized carbons (Fsp3) is 0.529. The first-order valence-electron chi connectivity index (χ1n) is 8.36. The molecule has 3 N–H and O–H groups in total. The summed E-state index contributed by atoms with van der Waals surface area (Å²) in [5.74, 6) is 0.257. The van der Waals surface area contributed by atoms with Gasteiger partial charge < -0.3 is 20.4 Å². The van der Waals surface area contributed by atoms with Gasteiger partial charge in [-0.25, -0.2) is 0 Å². The van der Waals surface area contributed by atoms with E-state index in [2.05, 4.69) is 15.2 Å². The van der Waals surface area contributed by atoms with E-state index < -0.39 is 0 Å². The number of hydrogen-bond donors (Lipinski definition) is 2. The summed E-state index contributed by atoms with van der Waals surface area (Å²) < 4.78 is 5.80. The van der Waals surface area contributed by atoms with Gasteiger partial charge in [0.15, 0.2) is 5.58 Å². The summed E-state index contributed by atoms with van der Waals surface area (Å²) in [7, 11) is 0. The van der Waals surface area contributed by atoms with E-state index in [0.717, 1.165) is 56.4 Å². The molecule has 0 aliphatic carbocycles. The van der Waals surface area contributed by atoms with Crippen molar-refractivity contribution in [3.8, 4) is 0 Å². The van der Waals surface area contributed by atoms with Gasteiger partial charge in [0.05, 0.1) is 0 Å². The minimum absolute atomic E-state index is 0.0912. The Bertz CT molecular complexity index is 614. The second-order valence-corrected chi connectivity index (χ2v) is 6.01. The number of nitrogens with zero attached hydrogens (tertiary/aromatic N) is 2. The molecule has 0 radical (unpaired) electrons. The number of benzene rings is 1. The summed E-state index contributed by atoms with van der Waals surface area (Å²) in [6.07, 6.45) is 3.57. The molecule has 1 aromatic carbocycles. The molecule has 23 heavy (non-hydrogen) atoms. The van der Waals surface area contributed by atoms with Gasteiger partial charge in [0.2, 0.25) is 5.91 Å². The van der Waals surface area contributed by atoms with Gasteiger partial charge in [-0.05, 0) is 44.4 Å². The third-order valence-corrected chi connectivity index (χ3v) is 4.35. The number of amides is 1. The van der Waals surface area contributed by atoms with E-state index >= 15 is 0 Å². The Morgan fingerprint density at radius 1 is 1.30 bits per heavy atom. The Hall–Kier alpha value is -2.08. The van der Waals surface area contributed by atoms with Crippen LogP contribution in [0.25, 0.3) is 11.1 Å². The van der Waals surface area contributed by atoms with E-state index in [1.165, 1.54) is 0 Å². The number of anilines is 1. The predicted molar refractivity (Wildman–Crippen MR) is 90.2 cm³/mol. The zero-order valence-corrected chi connectivity index (χ0v) is 13.3. The van der Waals surface area contributed by atoms with Crippen molar-refractivity contribution in [3.63, 3.8) is 0 Å². The molecule has 1 aromatic heterocycles. The summed E-state index contributed by atoms with van der Waals surface area (Å²) >= 11 is 0. The van der Waals surface area contributed by atoms with Crippen LogP contribution in [0.2, 0.25) is 0 Å². The van der Waals surface area contributed by atoms with Crippen LogP contribution in [-0.4, -0.2) is 37.1 Å². The maximum absolute atomic E-state index is 12.1. The number of carbonyl (C=O) groups excluding carboxylic acids is 1. The highest BCUT2D eigenvalue weighted by atomic mass is 16.4. The van der Waals surface area contributed by atoms with E-state index in [9.17, 15) is 4.79 Å². The lowest BCUT2D eigenvalue weighted by atomic mass is 9.96. The van der Waals surface area contributed by atoms with E-state index in [1.54, 1.807) is 0 Å². The third kappa shape index (κ3) is 3.82. The fourth-order valence-corrected chi connectivity index (χ4v) is 2.95. The topological polar surface area (TPSA) is 84.4 Å². The second kappa shape index (κ2) is 7.46. The molecule has 0 atom stereocenters. The van der Waals surface area contributed by atoms with Crippen molar-refractivity contribution in [3.05, 3.63) is 24.3 Å². The molecule has 6 heteroatoms. The monoisotopic (exact) mass is 316 g/mol. The molecule has 1 aliphatic rings. The first-order chi connectivity index (χ1) is 11.3. The van der Waals surface area contributed by atoms with Gasteiger partial charge in [0.1, 0.15) is 5.52 Å². The van der Waals surface area contributed by atoms with Crippen LogP contribution in [0.15, 0.2) is 28.7 Å². The van der Waals surface area contributed by atoms with Gasteiger partial charge >= 0.3 is 0 Å². The fourth-order valence-electron chi connectivity index (χ4n) is 2.95. The molecular formula is C17H24N4O2. The number of nitrogens with two attached hydrogens (primary N) is 1. The zero-order valence-electron chi connectivity index (χ0n) is 13.3. The second-order valence-electron chi connectivity index (χ2n) is 6.01. The minimum Gasteiger partial charge on any atom is -0.423 e. The summed E-state index contributed by atoms with van der Waals surface area (Å²) in [4.78, 5) is 18.8. The first kappa shape index (κ1) is 15.8. The van der Waals surface area contributed by atoms with Crippen molar-refractivity contribution < 1.29 is 9.21 Å². The lowest BCUT2D eigenvalue weighted by molar-refractivity contribution is -0.125. The molecule has 1 saturated heterocycles. The van der Waals surface area contributed by atoms with E-state index in [4.69, 9.17) is 10.2 Å². The van der Waals surface area contributed by atoms with E-state index in [0.29, 0.717) is 12.6 Å². The molecule has 3 rings (SSSR count). The van der Waals surface area contributed by atoms with Gasteiger partial charge in [0, 0.05) is 25.6 Å². The summed E-state index contributed by atoms with van der Waals surface area (Å²) in [5.41, 5.74) is 7.14. The first-order valence-corrected chi connectivity index (χ1v) is 8.36. The number of fused-ring (bicyclic) bond motifs is 1. The molecule has 0 spiro atoms. The summed E-state index contributed by atoms with van der Waals surface area (Å²) in [5, 5.41) is 3.01. The van der Waals surface area contributed by atoms with Crippen molar-refractivity contribution >= 4 is 23.0 Å². The molecule has 124 valence electrons. The quantitative estimate of drug-likeness (QED) is 0.795. The van der Waals surface area contributed by atoms with Gasteiger partial charge in [-0.2, -0.15) is 4.98 Å². The molecule has 1 amide bonds. The van der Waals surface area contributed by atoms with Gasteiger partial charge in [-0.1, -0.05) is 12.1 Å². The number of rotatable bonds is 6. The number of carbonyl (C=O) groups is 1. The molecule has 0 saturated carbocycles. The highest BCUT2D eigenvalue weighted by molar-refractivity contribution is 5.79. The Kier molecular flexibility index (Phi) is 5.12. The van der Waals surface area contributed by atoms with Crippen LogP contribution < -0.4 is 16.0 Å². The Morgan fingerprint density at radius 2 is 2.09 bits per heavy atom. The molecular weight excluding hydrogens is 292 g/mol. The standard InChI is InChI=1S/C17H24N4O2/c18-9-3-4-10-19-16(22)13-7-11-21(12-8-13)17-20-14-5-1-2-6-15(14)23-17/h1-2,5-6,13H,3-4,7-12,18H2,(H,19,22). The number of aromatic nitrogens is 1. The van der Waals surface area contributed by atoms with Crippen LogP contribution in [0.5, 0.6) is 0 Å². The lowest BCUT2D eigenvalue weighted by Gasteiger charge is -2.30. The Balaban J connectivity index is 1.50. The van der Waals surface area contributed by atoms with Crippen molar-refractivity contribution in [2.45, 2.75) is 25.7 Å². The number of nitrogens with one attached hydrogen (secondary N) is 1. The molecule has 0 bridgehead atoms. The smallest absolute Gasteiger partial charge is 0.298 e. The van der Waals surface area contributed by atoms with Gasteiger partial charge in [-0.15, -0.1) is 0 Å².